The van der Waals surface area contributed by atoms with E-state index >= 15 is 0 Å². The number of halogens is 4. The Labute approximate surface area is 133 Å². The van der Waals surface area contributed by atoms with Crippen molar-refractivity contribution in [3.8, 4) is 5.82 Å². The first-order chi connectivity index (χ1) is 10.7. The van der Waals surface area contributed by atoms with Crippen LogP contribution < -0.4 is 10.9 Å². The van der Waals surface area contributed by atoms with E-state index in [-0.39, 0.29) is 23.1 Å². The minimum atomic E-state index is -4.52. The van der Waals surface area contributed by atoms with E-state index in [9.17, 15) is 23.1 Å². The second-order valence-corrected chi connectivity index (χ2v) is 5.10. The SMILES string of the molecule is CC(O)CNc1cnn(-c2ccc(C(F)(F)F)cn2)c(=O)c1Cl. The van der Waals surface area contributed by atoms with Gasteiger partial charge in [-0.2, -0.15) is 23.0 Å². The fraction of sp³-hybridized carbons (Fsp3) is 0.308. The van der Waals surface area contributed by atoms with E-state index in [1.54, 1.807) is 6.92 Å². The molecule has 2 N–H and O–H groups in total. The first kappa shape index (κ1) is 17.2. The van der Waals surface area contributed by atoms with Crippen LogP contribution in [-0.2, 0) is 6.18 Å². The molecule has 0 radical (unpaired) electrons. The zero-order valence-corrected chi connectivity index (χ0v) is 12.6. The van der Waals surface area contributed by atoms with Gasteiger partial charge in [-0.25, -0.2) is 4.98 Å². The number of rotatable bonds is 4. The number of hydrogen-bond donors (Lipinski definition) is 2. The van der Waals surface area contributed by atoms with Gasteiger partial charge in [0.2, 0.25) is 0 Å². The van der Waals surface area contributed by atoms with Crippen molar-refractivity contribution in [2.45, 2.75) is 19.2 Å². The summed E-state index contributed by atoms with van der Waals surface area (Å²) in [5.74, 6) is -0.0908. The summed E-state index contributed by atoms with van der Waals surface area (Å²) in [7, 11) is 0. The van der Waals surface area contributed by atoms with E-state index in [1.165, 1.54) is 6.20 Å². The van der Waals surface area contributed by atoms with Crippen molar-refractivity contribution >= 4 is 17.3 Å². The van der Waals surface area contributed by atoms with Crippen molar-refractivity contribution in [3.63, 3.8) is 0 Å². The van der Waals surface area contributed by atoms with Gasteiger partial charge in [-0.1, -0.05) is 11.6 Å². The molecule has 1 unspecified atom stereocenters. The molecule has 0 amide bonds. The van der Waals surface area contributed by atoms with Crippen LogP contribution in [0.4, 0.5) is 18.9 Å². The number of nitrogens with one attached hydrogen (secondary N) is 1. The van der Waals surface area contributed by atoms with Crippen molar-refractivity contribution in [2.75, 3.05) is 11.9 Å². The number of anilines is 1. The number of nitrogens with zero attached hydrogens (tertiary/aromatic N) is 3. The van der Waals surface area contributed by atoms with Crippen LogP contribution in [0.15, 0.2) is 29.3 Å². The molecule has 124 valence electrons. The topological polar surface area (TPSA) is 80.0 Å². The first-order valence-corrected chi connectivity index (χ1v) is 6.81. The second-order valence-electron chi connectivity index (χ2n) is 4.72. The molecule has 0 bridgehead atoms. The minimum absolute atomic E-state index is 0.0908. The Morgan fingerprint density at radius 2 is 2.09 bits per heavy atom. The first-order valence-electron chi connectivity index (χ1n) is 6.43. The Morgan fingerprint density at radius 3 is 2.61 bits per heavy atom. The van der Waals surface area contributed by atoms with Gasteiger partial charge in [0.15, 0.2) is 5.82 Å². The van der Waals surface area contributed by atoms with Gasteiger partial charge in [0.05, 0.1) is 23.6 Å². The molecule has 0 aliphatic rings. The Bertz CT molecular complexity index is 744. The van der Waals surface area contributed by atoms with Crippen LogP contribution in [0, 0.1) is 0 Å². The maximum atomic E-state index is 12.5. The highest BCUT2D eigenvalue weighted by Gasteiger charge is 2.30. The lowest BCUT2D eigenvalue weighted by Gasteiger charge is -2.11. The molecule has 2 rings (SSSR count). The molecule has 0 aromatic carbocycles. The van der Waals surface area contributed by atoms with Crippen molar-refractivity contribution in [1.29, 1.82) is 0 Å². The monoisotopic (exact) mass is 348 g/mol. The predicted octanol–water partition coefficient (Wildman–Crippen LogP) is 2.09. The van der Waals surface area contributed by atoms with Gasteiger partial charge in [0.1, 0.15) is 5.02 Å². The van der Waals surface area contributed by atoms with Crippen molar-refractivity contribution in [3.05, 3.63) is 45.5 Å². The number of aromatic nitrogens is 3. The molecule has 10 heteroatoms. The molecular formula is C13H12ClF3N4O2. The van der Waals surface area contributed by atoms with Crippen molar-refractivity contribution in [2.24, 2.45) is 0 Å². The zero-order chi connectivity index (χ0) is 17.2. The van der Waals surface area contributed by atoms with E-state index in [1.807, 2.05) is 0 Å². The summed E-state index contributed by atoms with van der Waals surface area (Å²) >= 11 is 5.91. The van der Waals surface area contributed by atoms with Crippen LogP contribution in [-0.4, -0.2) is 32.5 Å². The summed E-state index contributed by atoms with van der Waals surface area (Å²) in [6.45, 7) is 1.70. The number of aliphatic hydroxyl groups is 1. The summed E-state index contributed by atoms with van der Waals surface area (Å²) in [4.78, 5) is 15.7. The molecular weight excluding hydrogens is 337 g/mol. The Balaban J connectivity index is 2.34. The molecule has 2 heterocycles. The van der Waals surface area contributed by atoms with Crippen LogP contribution in [0.5, 0.6) is 0 Å². The van der Waals surface area contributed by atoms with Gasteiger partial charge in [0.25, 0.3) is 5.56 Å². The van der Waals surface area contributed by atoms with Crippen molar-refractivity contribution in [1.82, 2.24) is 14.8 Å². The van der Waals surface area contributed by atoms with Crippen molar-refractivity contribution < 1.29 is 18.3 Å². The Kier molecular flexibility index (Phi) is 4.90. The van der Waals surface area contributed by atoms with Crippen LogP contribution in [0.3, 0.4) is 0 Å². The number of pyridine rings is 1. The van der Waals surface area contributed by atoms with E-state index in [0.717, 1.165) is 16.8 Å². The highest BCUT2D eigenvalue weighted by atomic mass is 35.5. The van der Waals surface area contributed by atoms with E-state index in [4.69, 9.17) is 11.6 Å². The van der Waals surface area contributed by atoms with Gasteiger partial charge < -0.3 is 10.4 Å². The molecule has 0 aliphatic carbocycles. The molecule has 23 heavy (non-hydrogen) atoms. The number of hydrogen-bond acceptors (Lipinski definition) is 5. The summed E-state index contributed by atoms with van der Waals surface area (Å²) in [5.41, 5.74) is -1.47. The highest BCUT2D eigenvalue weighted by molar-refractivity contribution is 6.32. The fourth-order valence-corrected chi connectivity index (χ4v) is 1.85. The molecule has 1 atom stereocenters. The molecule has 6 nitrogen and oxygen atoms in total. The summed E-state index contributed by atoms with van der Waals surface area (Å²) in [6, 6.07) is 1.82. The van der Waals surface area contributed by atoms with E-state index < -0.39 is 23.4 Å². The number of aliphatic hydroxyl groups excluding tert-OH is 1. The Morgan fingerprint density at radius 1 is 1.39 bits per heavy atom. The van der Waals surface area contributed by atoms with Crippen LogP contribution in [0.25, 0.3) is 5.82 Å². The maximum absolute atomic E-state index is 12.5. The number of alkyl halides is 3. The average Bonchev–Trinajstić information content (AvgIpc) is 2.48. The molecule has 2 aromatic rings. The van der Waals surface area contributed by atoms with Crippen LogP contribution in [0.2, 0.25) is 5.02 Å². The molecule has 2 aromatic heterocycles. The molecule has 0 fully saturated rings. The van der Waals surface area contributed by atoms with Crippen LogP contribution in [0.1, 0.15) is 12.5 Å². The van der Waals surface area contributed by atoms with E-state index in [2.05, 4.69) is 15.4 Å². The van der Waals surface area contributed by atoms with Gasteiger partial charge in [-0.05, 0) is 19.1 Å². The summed E-state index contributed by atoms with van der Waals surface area (Å²) in [6.07, 6.45) is -3.34. The van der Waals surface area contributed by atoms with Gasteiger partial charge >= 0.3 is 6.18 Å². The fourth-order valence-electron chi connectivity index (χ4n) is 1.66. The lowest BCUT2D eigenvalue weighted by Crippen LogP contribution is -2.25. The molecule has 0 aliphatic heterocycles. The molecule has 0 saturated heterocycles. The summed E-state index contributed by atoms with van der Waals surface area (Å²) in [5, 5.41) is 15.5. The zero-order valence-electron chi connectivity index (χ0n) is 11.8. The third-order valence-electron chi connectivity index (χ3n) is 2.80. The third kappa shape index (κ3) is 3.99. The summed E-state index contributed by atoms with van der Waals surface area (Å²) < 4.78 is 38.3. The molecule has 0 saturated carbocycles. The third-order valence-corrected chi connectivity index (χ3v) is 3.16. The normalized spacial score (nSPS) is 13.0. The van der Waals surface area contributed by atoms with Crippen LogP contribution >= 0.6 is 11.6 Å². The van der Waals surface area contributed by atoms with E-state index in [0.29, 0.717) is 6.20 Å². The molecule has 0 spiro atoms. The largest absolute Gasteiger partial charge is 0.417 e. The quantitative estimate of drug-likeness (QED) is 0.884. The average molecular weight is 349 g/mol. The standard InChI is InChI=1S/C13H12ClF3N4O2/c1-7(22)4-18-9-6-20-21(12(23)11(9)14)10-3-2-8(5-19-10)13(15,16)17/h2-3,5-7,18,22H,4H2,1H3. The van der Waals surface area contributed by atoms with Gasteiger partial charge in [-0.3, -0.25) is 4.79 Å². The van der Waals surface area contributed by atoms with Gasteiger partial charge in [0, 0.05) is 12.7 Å². The lowest BCUT2D eigenvalue weighted by atomic mass is 10.3. The lowest BCUT2D eigenvalue weighted by molar-refractivity contribution is -0.137. The Hall–Kier alpha value is -2.13. The smallest absolute Gasteiger partial charge is 0.392 e. The predicted molar refractivity (Wildman–Crippen MR) is 77.8 cm³/mol. The van der Waals surface area contributed by atoms with Gasteiger partial charge in [-0.15, -0.1) is 0 Å². The highest BCUT2D eigenvalue weighted by Crippen LogP contribution is 2.28. The minimum Gasteiger partial charge on any atom is -0.392 e. The second kappa shape index (κ2) is 6.55. The maximum Gasteiger partial charge on any atom is 0.417 e.